The maximum Gasteiger partial charge on any atom is 0.295 e. The Labute approximate surface area is 105 Å². The number of hydrogen-bond acceptors (Lipinski definition) is 3. The molecule has 0 aliphatic rings. The second-order valence-corrected chi connectivity index (χ2v) is 3.64. The number of para-hydroxylation sites is 1. The fourth-order valence-corrected chi connectivity index (χ4v) is 1.51. The highest BCUT2D eigenvalue weighted by atomic mass is 19.1. The van der Waals surface area contributed by atoms with Crippen LogP contribution in [0, 0.1) is 27.6 Å². The molecule has 2 aromatic carbocycles. The van der Waals surface area contributed by atoms with E-state index in [2.05, 4.69) is 5.32 Å². The van der Waals surface area contributed by atoms with Gasteiger partial charge in [-0.3, -0.25) is 10.1 Å². The van der Waals surface area contributed by atoms with E-state index >= 15 is 0 Å². The van der Waals surface area contributed by atoms with E-state index < -0.39 is 33.7 Å². The third-order valence-corrected chi connectivity index (χ3v) is 2.38. The minimum atomic E-state index is -0.974. The van der Waals surface area contributed by atoms with Crippen molar-refractivity contribution in [1.82, 2.24) is 0 Å². The van der Waals surface area contributed by atoms with Gasteiger partial charge in [0.25, 0.3) is 5.69 Å². The van der Waals surface area contributed by atoms with Gasteiger partial charge in [-0.15, -0.1) is 0 Å². The van der Waals surface area contributed by atoms with Crippen molar-refractivity contribution >= 4 is 17.1 Å². The molecule has 0 aliphatic carbocycles. The van der Waals surface area contributed by atoms with E-state index in [0.717, 1.165) is 24.3 Å². The second kappa shape index (κ2) is 4.97. The first-order valence-corrected chi connectivity index (χ1v) is 5.14. The number of nitro groups is 1. The Kier molecular flexibility index (Phi) is 3.37. The third-order valence-electron chi connectivity index (χ3n) is 2.38. The first-order chi connectivity index (χ1) is 8.99. The van der Waals surface area contributed by atoms with Crippen molar-refractivity contribution in [2.45, 2.75) is 0 Å². The van der Waals surface area contributed by atoms with E-state index in [1.807, 2.05) is 0 Å². The Balaban J connectivity index is 2.46. The zero-order valence-corrected chi connectivity index (χ0v) is 9.36. The Morgan fingerprint density at radius 2 is 1.79 bits per heavy atom. The third kappa shape index (κ3) is 2.65. The van der Waals surface area contributed by atoms with E-state index in [-0.39, 0.29) is 5.69 Å². The predicted molar refractivity (Wildman–Crippen MR) is 62.7 cm³/mol. The highest BCUT2D eigenvalue weighted by Crippen LogP contribution is 2.31. The molecule has 0 bridgehead atoms. The van der Waals surface area contributed by atoms with E-state index in [9.17, 15) is 23.3 Å². The standard InChI is InChI=1S/C12H7F3N2O2/c13-7-4-5-10(9(15)6-7)16-12-8(14)2-1-3-11(12)17(18)19/h1-6,16H. The normalized spacial score (nSPS) is 10.3. The van der Waals surface area contributed by atoms with Crippen molar-refractivity contribution < 1.29 is 18.1 Å². The topological polar surface area (TPSA) is 55.2 Å². The Morgan fingerprint density at radius 3 is 2.42 bits per heavy atom. The Morgan fingerprint density at radius 1 is 1.05 bits per heavy atom. The molecule has 0 aliphatic heterocycles. The largest absolute Gasteiger partial charge is 0.345 e. The molecule has 0 unspecified atom stereocenters. The van der Waals surface area contributed by atoms with Crippen molar-refractivity contribution in [3.63, 3.8) is 0 Å². The number of rotatable bonds is 3. The zero-order chi connectivity index (χ0) is 14.0. The molecule has 0 fully saturated rings. The molecule has 4 nitrogen and oxygen atoms in total. The van der Waals surface area contributed by atoms with Gasteiger partial charge < -0.3 is 5.32 Å². The number of nitrogens with zero attached hydrogens (tertiary/aromatic N) is 1. The molecule has 0 spiro atoms. The maximum absolute atomic E-state index is 13.5. The summed E-state index contributed by atoms with van der Waals surface area (Å²) in [4.78, 5) is 9.95. The van der Waals surface area contributed by atoms with E-state index in [0.29, 0.717) is 6.07 Å². The Bertz CT molecular complexity index is 647. The molecule has 0 radical (unpaired) electrons. The summed E-state index contributed by atoms with van der Waals surface area (Å²) in [6.45, 7) is 0. The molecule has 98 valence electrons. The second-order valence-electron chi connectivity index (χ2n) is 3.64. The van der Waals surface area contributed by atoms with E-state index in [1.165, 1.54) is 6.07 Å². The van der Waals surface area contributed by atoms with Crippen molar-refractivity contribution in [3.8, 4) is 0 Å². The lowest BCUT2D eigenvalue weighted by Gasteiger charge is -2.08. The molecule has 2 aromatic rings. The number of anilines is 2. The van der Waals surface area contributed by atoms with Gasteiger partial charge >= 0.3 is 0 Å². The van der Waals surface area contributed by atoms with Gasteiger partial charge in [-0.2, -0.15) is 0 Å². The van der Waals surface area contributed by atoms with Crippen LogP contribution in [0.3, 0.4) is 0 Å². The molecule has 0 aromatic heterocycles. The van der Waals surface area contributed by atoms with Crippen molar-refractivity contribution in [2.75, 3.05) is 5.32 Å². The summed E-state index contributed by atoms with van der Waals surface area (Å²) in [5, 5.41) is 13.0. The molecule has 0 atom stereocenters. The van der Waals surface area contributed by atoms with Crippen LogP contribution in [0.2, 0.25) is 0 Å². The average molecular weight is 268 g/mol. The summed E-state index contributed by atoms with van der Waals surface area (Å²) in [7, 11) is 0. The summed E-state index contributed by atoms with van der Waals surface area (Å²) >= 11 is 0. The van der Waals surface area contributed by atoms with Gasteiger partial charge in [0, 0.05) is 12.1 Å². The first-order valence-electron chi connectivity index (χ1n) is 5.14. The number of hydrogen-bond donors (Lipinski definition) is 1. The minimum absolute atomic E-state index is 0.255. The smallest absolute Gasteiger partial charge is 0.295 e. The van der Waals surface area contributed by atoms with Crippen LogP contribution >= 0.6 is 0 Å². The SMILES string of the molecule is O=[N+]([O-])c1cccc(F)c1Nc1ccc(F)cc1F. The van der Waals surface area contributed by atoms with Crippen LogP contribution in [0.15, 0.2) is 36.4 Å². The number of halogens is 3. The van der Waals surface area contributed by atoms with E-state index in [1.54, 1.807) is 0 Å². The molecular formula is C12H7F3N2O2. The van der Waals surface area contributed by atoms with Crippen LogP contribution in [0.4, 0.5) is 30.2 Å². The fourth-order valence-electron chi connectivity index (χ4n) is 1.51. The molecule has 7 heteroatoms. The highest BCUT2D eigenvalue weighted by Gasteiger charge is 2.19. The quantitative estimate of drug-likeness (QED) is 0.681. The first kappa shape index (κ1) is 12.9. The van der Waals surface area contributed by atoms with E-state index in [4.69, 9.17) is 0 Å². The van der Waals surface area contributed by atoms with Gasteiger partial charge in [-0.05, 0) is 18.2 Å². The van der Waals surface area contributed by atoms with Gasteiger partial charge in [0.1, 0.15) is 11.6 Å². The van der Waals surface area contributed by atoms with Crippen LogP contribution < -0.4 is 5.32 Å². The van der Waals surface area contributed by atoms with Gasteiger partial charge in [0.2, 0.25) is 0 Å². The fraction of sp³-hybridized carbons (Fsp3) is 0. The van der Waals surface area contributed by atoms with Crippen LogP contribution in [-0.4, -0.2) is 4.92 Å². The van der Waals surface area contributed by atoms with Gasteiger partial charge in [0.05, 0.1) is 10.6 Å². The van der Waals surface area contributed by atoms with Crippen molar-refractivity contribution in [3.05, 3.63) is 64.0 Å². The van der Waals surface area contributed by atoms with Crippen molar-refractivity contribution in [2.24, 2.45) is 0 Å². The summed E-state index contributed by atoms with van der Waals surface area (Å²) in [6, 6.07) is 5.82. The molecule has 19 heavy (non-hydrogen) atoms. The molecule has 1 N–H and O–H groups in total. The number of benzene rings is 2. The predicted octanol–water partition coefficient (Wildman–Crippen LogP) is 3.76. The highest BCUT2D eigenvalue weighted by molar-refractivity contribution is 5.70. The van der Waals surface area contributed by atoms with Crippen LogP contribution in [0.1, 0.15) is 0 Å². The van der Waals surface area contributed by atoms with Crippen LogP contribution in [0.5, 0.6) is 0 Å². The number of nitrogens with one attached hydrogen (secondary N) is 1. The lowest BCUT2D eigenvalue weighted by atomic mass is 10.2. The van der Waals surface area contributed by atoms with Crippen LogP contribution in [0.25, 0.3) is 0 Å². The minimum Gasteiger partial charge on any atom is -0.345 e. The zero-order valence-electron chi connectivity index (χ0n) is 9.36. The summed E-state index contributed by atoms with van der Waals surface area (Å²) in [5.74, 6) is -2.68. The summed E-state index contributed by atoms with van der Waals surface area (Å²) in [6.07, 6.45) is 0. The lowest BCUT2D eigenvalue weighted by molar-refractivity contribution is -0.384. The van der Waals surface area contributed by atoms with Crippen molar-refractivity contribution in [1.29, 1.82) is 0 Å². The summed E-state index contributed by atoms with van der Waals surface area (Å²) in [5.41, 5.74) is -1.27. The van der Waals surface area contributed by atoms with Gasteiger partial charge in [-0.25, -0.2) is 13.2 Å². The van der Waals surface area contributed by atoms with Crippen LogP contribution in [-0.2, 0) is 0 Å². The molecule has 0 amide bonds. The molecule has 0 saturated heterocycles. The molecule has 2 rings (SSSR count). The monoisotopic (exact) mass is 268 g/mol. The van der Waals surface area contributed by atoms with Gasteiger partial charge in [-0.1, -0.05) is 6.07 Å². The Hall–Kier alpha value is -2.57. The lowest BCUT2D eigenvalue weighted by Crippen LogP contribution is -2.01. The van der Waals surface area contributed by atoms with Gasteiger partial charge in [0.15, 0.2) is 11.5 Å². The molecular weight excluding hydrogens is 261 g/mol. The number of nitro benzene ring substituents is 1. The molecule has 0 heterocycles. The molecule has 0 saturated carbocycles. The summed E-state index contributed by atoms with van der Waals surface area (Å²) < 4.78 is 39.7. The maximum atomic E-state index is 13.5. The average Bonchev–Trinajstić information content (AvgIpc) is 2.34.